The molecule has 0 aliphatic carbocycles. The molecule has 9 heteroatoms. The van der Waals surface area contributed by atoms with Gasteiger partial charge in [-0.2, -0.15) is 0 Å². The molecule has 0 saturated heterocycles. The van der Waals surface area contributed by atoms with Gasteiger partial charge in [0.05, 0.1) is 6.61 Å². The average Bonchev–Trinajstić information content (AvgIpc) is 3.28. The molecule has 0 fully saturated rings. The van der Waals surface area contributed by atoms with Gasteiger partial charge in [-0.25, -0.2) is 13.2 Å². The first kappa shape index (κ1) is 39.1. The van der Waals surface area contributed by atoms with Crippen LogP contribution >= 0.6 is 0 Å². The highest BCUT2D eigenvalue weighted by Crippen LogP contribution is 2.45. The first-order valence-corrected chi connectivity index (χ1v) is 19.3. The number of halogens is 3. The first-order valence-electron chi connectivity index (χ1n) is 19.3. The highest BCUT2D eigenvalue weighted by atomic mass is 19.2. The number of hydrogen-bond donors (Lipinski definition) is 0. The quantitative estimate of drug-likeness (QED) is 0.0908. The lowest BCUT2D eigenvalue weighted by Crippen LogP contribution is -2.33. The van der Waals surface area contributed by atoms with Crippen LogP contribution in [0, 0.1) is 17.5 Å². The third-order valence-corrected chi connectivity index (χ3v) is 9.90. The Morgan fingerprint density at radius 1 is 0.458 bits per heavy atom. The minimum absolute atomic E-state index is 0.132. The maximum Gasteiger partial charge on any atom is 0.194 e. The van der Waals surface area contributed by atoms with Gasteiger partial charge >= 0.3 is 0 Å². The second-order valence-electron chi connectivity index (χ2n) is 14.2. The molecule has 0 aromatic heterocycles. The Bertz CT molecular complexity index is 2430. The summed E-state index contributed by atoms with van der Waals surface area (Å²) in [5.41, 5.74) is 5.50. The predicted molar refractivity (Wildman–Crippen MR) is 218 cm³/mol. The number of fused-ring (bicyclic) bond motifs is 1. The van der Waals surface area contributed by atoms with E-state index in [0.29, 0.717) is 53.9 Å². The van der Waals surface area contributed by atoms with Crippen molar-refractivity contribution in [3.63, 3.8) is 0 Å². The summed E-state index contributed by atoms with van der Waals surface area (Å²) in [6, 6.07) is 50.4. The van der Waals surface area contributed by atoms with Crippen molar-refractivity contribution in [2.45, 2.75) is 51.7 Å². The zero-order chi connectivity index (χ0) is 40.4. The Balaban J connectivity index is 1.15. The van der Waals surface area contributed by atoms with E-state index in [1.54, 1.807) is 0 Å². The molecule has 0 unspecified atom stereocenters. The van der Waals surface area contributed by atoms with Crippen molar-refractivity contribution < 1.29 is 41.6 Å². The molecule has 0 radical (unpaired) electrons. The first-order chi connectivity index (χ1) is 28.9. The van der Waals surface area contributed by atoms with Gasteiger partial charge in [-0.05, 0) is 57.6 Å². The summed E-state index contributed by atoms with van der Waals surface area (Å²) < 4.78 is 81.4. The third-order valence-electron chi connectivity index (χ3n) is 9.90. The second kappa shape index (κ2) is 18.7. The topological polar surface area (TPSA) is 55.4 Å². The van der Waals surface area contributed by atoms with Crippen LogP contribution in [-0.4, -0.2) is 6.10 Å². The van der Waals surface area contributed by atoms with E-state index in [9.17, 15) is 13.2 Å². The van der Waals surface area contributed by atoms with Crippen molar-refractivity contribution in [1.82, 2.24) is 0 Å². The maximum absolute atomic E-state index is 14.3. The molecule has 1 aliphatic rings. The molecule has 0 saturated carbocycles. The molecular weight excluding hydrogens is 754 g/mol. The number of rotatable bonds is 16. The molecule has 8 rings (SSSR count). The molecule has 59 heavy (non-hydrogen) atoms. The fourth-order valence-electron chi connectivity index (χ4n) is 6.84. The second-order valence-corrected chi connectivity index (χ2v) is 14.2. The molecule has 1 heterocycles. The minimum Gasteiger partial charge on any atom is -0.489 e. The lowest BCUT2D eigenvalue weighted by atomic mass is 9.93. The Labute approximate surface area is 341 Å². The Kier molecular flexibility index (Phi) is 12.4. The normalized spacial score (nSPS) is 14.5. The lowest BCUT2D eigenvalue weighted by molar-refractivity contribution is -0.0470. The summed E-state index contributed by atoms with van der Waals surface area (Å²) in [6.07, 6.45) is -1.15. The molecule has 0 amide bonds. The van der Waals surface area contributed by atoms with E-state index >= 15 is 0 Å². The van der Waals surface area contributed by atoms with Crippen LogP contribution in [0.3, 0.4) is 0 Å². The van der Waals surface area contributed by atoms with E-state index in [4.69, 9.17) is 28.4 Å². The van der Waals surface area contributed by atoms with Crippen LogP contribution in [0.1, 0.15) is 45.0 Å². The van der Waals surface area contributed by atoms with Crippen LogP contribution < -0.4 is 23.7 Å². The minimum atomic E-state index is -1.54. The van der Waals surface area contributed by atoms with Crippen molar-refractivity contribution >= 4 is 0 Å². The van der Waals surface area contributed by atoms with Crippen LogP contribution in [0.5, 0.6) is 28.7 Å². The van der Waals surface area contributed by atoms with E-state index in [1.807, 2.05) is 152 Å². The van der Waals surface area contributed by atoms with Gasteiger partial charge in [-0.15, -0.1) is 0 Å². The summed E-state index contributed by atoms with van der Waals surface area (Å²) in [5, 5.41) is 0. The van der Waals surface area contributed by atoms with Gasteiger partial charge < -0.3 is 28.4 Å². The fraction of sp³-hybridized carbons (Fsp3) is 0.160. The summed E-state index contributed by atoms with van der Waals surface area (Å²) in [5.74, 6) is -1.49. The smallest absolute Gasteiger partial charge is 0.194 e. The molecule has 0 bridgehead atoms. The molecule has 7 aromatic rings. The highest BCUT2D eigenvalue weighted by molar-refractivity contribution is 5.53. The zero-order valence-electron chi connectivity index (χ0n) is 32.1. The number of benzene rings is 7. The van der Waals surface area contributed by atoms with Crippen molar-refractivity contribution in [2.75, 3.05) is 0 Å². The molecule has 1 aliphatic heterocycles. The van der Waals surface area contributed by atoms with E-state index in [0.717, 1.165) is 39.9 Å². The highest BCUT2D eigenvalue weighted by Gasteiger charge is 2.36. The summed E-state index contributed by atoms with van der Waals surface area (Å²) >= 11 is 0. The number of ether oxygens (including phenoxy) is 6. The van der Waals surface area contributed by atoms with Crippen LogP contribution in [-0.2, 0) is 44.2 Å². The van der Waals surface area contributed by atoms with Gasteiger partial charge in [0.25, 0.3) is 0 Å². The Hall–Kier alpha value is -6.71. The van der Waals surface area contributed by atoms with Crippen LogP contribution in [0.4, 0.5) is 13.2 Å². The molecule has 7 aromatic carbocycles. The molecule has 6 nitrogen and oxygen atoms in total. The van der Waals surface area contributed by atoms with Gasteiger partial charge in [0.2, 0.25) is 0 Å². The van der Waals surface area contributed by atoms with Gasteiger partial charge in [0.15, 0.2) is 35.1 Å². The summed E-state index contributed by atoms with van der Waals surface area (Å²) in [6.45, 7) is 0.993. The van der Waals surface area contributed by atoms with E-state index in [-0.39, 0.29) is 25.4 Å². The van der Waals surface area contributed by atoms with Crippen LogP contribution in [0.2, 0.25) is 0 Å². The van der Waals surface area contributed by atoms with Gasteiger partial charge in [0.1, 0.15) is 49.8 Å². The zero-order valence-corrected chi connectivity index (χ0v) is 32.1. The van der Waals surface area contributed by atoms with Crippen LogP contribution in [0.15, 0.2) is 164 Å². The maximum atomic E-state index is 14.3. The average molecular weight is 795 g/mol. The fourth-order valence-corrected chi connectivity index (χ4v) is 6.84. The van der Waals surface area contributed by atoms with Gasteiger partial charge in [-0.3, -0.25) is 0 Å². The molecule has 2 atom stereocenters. The van der Waals surface area contributed by atoms with Crippen molar-refractivity contribution in [3.8, 4) is 28.7 Å². The lowest BCUT2D eigenvalue weighted by Gasteiger charge is -2.35. The summed E-state index contributed by atoms with van der Waals surface area (Å²) in [7, 11) is 0. The summed E-state index contributed by atoms with van der Waals surface area (Å²) in [4.78, 5) is 0. The predicted octanol–water partition coefficient (Wildman–Crippen LogP) is 11.7. The third kappa shape index (κ3) is 10.1. The standard InChI is InChI=1S/C50H41F3O6/c51-42-23-38(24-43(52)49(42)53)33-58-48-28-41-45(56-31-36-17-9-3-10-18-36)26-40(54-29-34-13-5-1-6-14-34)27-46(41)59-50(48)39-21-22-44(55-30-35-15-7-2-8-16-35)47(25-39)57-32-37-19-11-4-12-20-37/h1-27,48,50H,28-33H2/t48-,50+/m0/s1. The largest absolute Gasteiger partial charge is 0.489 e. The SMILES string of the molecule is Fc1cc(CO[C@H]2Cc3c(OCc4ccccc4)cc(OCc4ccccc4)cc3O[C@@H]2c2ccc(OCc3ccccc3)c(OCc3ccccc3)c2)cc(F)c1F. The van der Waals surface area contributed by atoms with Gasteiger partial charge in [0, 0.05) is 24.1 Å². The van der Waals surface area contributed by atoms with E-state index in [2.05, 4.69) is 0 Å². The van der Waals surface area contributed by atoms with Crippen molar-refractivity contribution in [1.29, 1.82) is 0 Å². The van der Waals surface area contributed by atoms with Crippen molar-refractivity contribution in [3.05, 3.63) is 220 Å². The Morgan fingerprint density at radius 3 is 1.49 bits per heavy atom. The van der Waals surface area contributed by atoms with E-state index in [1.165, 1.54) is 0 Å². The van der Waals surface area contributed by atoms with Gasteiger partial charge in [-0.1, -0.05) is 127 Å². The Morgan fingerprint density at radius 2 is 0.949 bits per heavy atom. The van der Waals surface area contributed by atoms with E-state index < -0.39 is 29.7 Å². The molecule has 0 spiro atoms. The monoisotopic (exact) mass is 794 g/mol. The van der Waals surface area contributed by atoms with Crippen LogP contribution in [0.25, 0.3) is 0 Å². The molecular formula is C50H41F3O6. The molecule has 298 valence electrons. The number of hydrogen-bond acceptors (Lipinski definition) is 6. The molecule has 0 N–H and O–H groups in total. The van der Waals surface area contributed by atoms with Crippen molar-refractivity contribution in [2.24, 2.45) is 0 Å².